The topological polar surface area (TPSA) is 60.4 Å². The van der Waals surface area contributed by atoms with Crippen molar-refractivity contribution in [3.8, 4) is 0 Å². The molecule has 8 heteroatoms. The van der Waals surface area contributed by atoms with E-state index >= 15 is 0 Å². The molecule has 0 aliphatic carbocycles. The molecule has 1 aromatic heterocycles. The molecule has 5 nitrogen and oxygen atoms in total. The van der Waals surface area contributed by atoms with E-state index in [1.165, 1.54) is 12.1 Å². The molecule has 28 heavy (non-hydrogen) atoms. The maximum absolute atomic E-state index is 12.6. The predicted octanol–water partition coefficient (Wildman–Crippen LogP) is 5.05. The molecular formula is C20H14F3N3O2. The molecule has 0 saturated carbocycles. The maximum Gasteiger partial charge on any atom is 0.416 e. The second-order valence-corrected chi connectivity index (χ2v) is 6.08. The lowest BCUT2D eigenvalue weighted by Gasteiger charge is -2.06. The molecule has 0 atom stereocenters. The van der Waals surface area contributed by atoms with Crippen LogP contribution in [-0.2, 0) is 19.0 Å². The van der Waals surface area contributed by atoms with Crippen molar-refractivity contribution >= 4 is 11.5 Å². The van der Waals surface area contributed by atoms with Gasteiger partial charge in [0.05, 0.1) is 18.6 Å². The molecule has 3 rings (SSSR count). The number of ketones is 1. The van der Waals surface area contributed by atoms with Gasteiger partial charge in [0.15, 0.2) is 5.69 Å². The zero-order chi connectivity index (χ0) is 20.1. The van der Waals surface area contributed by atoms with Gasteiger partial charge in [0, 0.05) is 6.42 Å². The Bertz CT molecular complexity index is 1020. The number of aryl methyl sites for hydroxylation is 1. The average Bonchev–Trinajstić information content (AvgIpc) is 3.14. The standard InChI is InChI=1S/C20H14F3N3O2/c1-24-16-4-2-3-13(11-16)7-10-17(27)19-26-25-18(28-19)12-14-5-8-15(9-6-14)20(21,22)23/h2-6,8-9,11H,7,10,12H2. The highest BCUT2D eigenvalue weighted by atomic mass is 19.4. The zero-order valence-corrected chi connectivity index (χ0v) is 14.5. The van der Waals surface area contributed by atoms with E-state index in [-0.39, 0.29) is 30.4 Å². The van der Waals surface area contributed by atoms with Gasteiger partial charge >= 0.3 is 6.18 Å². The molecule has 0 N–H and O–H groups in total. The second kappa shape index (κ2) is 8.05. The molecule has 0 spiro atoms. The van der Waals surface area contributed by atoms with Crippen LogP contribution in [0.3, 0.4) is 0 Å². The first-order chi connectivity index (χ1) is 13.3. The van der Waals surface area contributed by atoms with Gasteiger partial charge in [0.25, 0.3) is 5.89 Å². The molecule has 1 heterocycles. The van der Waals surface area contributed by atoms with E-state index in [1.54, 1.807) is 18.2 Å². The smallest absolute Gasteiger partial charge is 0.416 e. The first kappa shape index (κ1) is 19.3. The van der Waals surface area contributed by atoms with Gasteiger partial charge in [0.1, 0.15) is 0 Å². The molecule has 0 unspecified atom stereocenters. The minimum absolute atomic E-state index is 0.130. The van der Waals surface area contributed by atoms with E-state index in [9.17, 15) is 18.0 Å². The molecule has 0 aliphatic heterocycles. The molecule has 3 aromatic rings. The Hall–Kier alpha value is -3.47. The number of benzene rings is 2. The minimum atomic E-state index is -4.39. The second-order valence-electron chi connectivity index (χ2n) is 6.08. The monoisotopic (exact) mass is 385 g/mol. The molecule has 0 aliphatic rings. The third kappa shape index (κ3) is 4.82. The van der Waals surface area contributed by atoms with Crippen molar-refractivity contribution < 1.29 is 22.4 Å². The summed E-state index contributed by atoms with van der Waals surface area (Å²) in [5, 5.41) is 7.51. The largest absolute Gasteiger partial charge is 0.418 e. The third-order valence-electron chi connectivity index (χ3n) is 4.02. The van der Waals surface area contributed by atoms with Crippen LogP contribution in [0.4, 0.5) is 18.9 Å². The summed E-state index contributed by atoms with van der Waals surface area (Å²) in [5.74, 6) is -0.319. The summed E-state index contributed by atoms with van der Waals surface area (Å²) in [4.78, 5) is 15.6. The van der Waals surface area contributed by atoms with E-state index in [4.69, 9.17) is 11.0 Å². The van der Waals surface area contributed by atoms with Gasteiger partial charge in [-0.2, -0.15) is 13.2 Å². The number of hydrogen-bond donors (Lipinski definition) is 0. The lowest BCUT2D eigenvalue weighted by atomic mass is 10.1. The minimum Gasteiger partial charge on any atom is -0.418 e. The summed E-state index contributed by atoms with van der Waals surface area (Å²) in [6.07, 6.45) is -3.69. The number of alkyl halides is 3. The summed E-state index contributed by atoms with van der Waals surface area (Å²) in [6.45, 7) is 7.00. The Kier molecular flexibility index (Phi) is 5.54. The first-order valence-corrected chi connectivity index (χ1v) is 8.33. The van der Waals surface area contributed by atoms with Crippen molar-refractivity contribution in [3.63, 3.8) is 0 Å². The third-order valence-corrected chi connectivity index (χ3v) is 4.02. The van der Waals surface area contributed by atoms with E-state index in [2.05, 4.69) is 15.0 Å². The molecule has 0 saturated heterocycles. The Labute approximate surface area is 158 Å². The fraction of sp³-hybridized carbons (Fsp3) is 0.200. The SMILES string of the molecule is [C-]#[N+]c1cccc(CCC(=O)c2nnc(Cc3ccc(C(F)(F)F)cc3)o2)c1. The van der Waals surface area contributed by atoms with Gasteiger partial charge < -0.3 is 4.42 Å². The number of nitrogens with zero attached hydrogens (tertiary/aromatic N) is 3. The number of Topliss-reactive ketones (excluding diaryl/α,β-unsaturated/α-hetero) is 1. The summed E-state index contributed by atoms with van der Waals surface area (Å²) in [7, 11) is 0. The van der Waals surface area contributed by atoms with E-state index in [0.29, 0.717) is 17.7 Å². The van der Waals surface area contributed by atoms with Crippen LogP contribution in [-0.4, -0.2) is 16.0 Å². The number of halogens is 3. The molecule has 142 valence electrons. The van der Waals surface area contributed by atoms with Crippen molar-refractivity contribution in [1.82, 2.24) is 10.2 Å². The molecular weight excluding hydrogens is 371 g/mol. The number of rotatable bonds is 6. The predicted molar refractivity (Wildman–Crippen MR) is 93.9 cm³/mol. The van der Waals surface area contributed by atoms with Gasteiger partial charge in [-0.25, -0.2) is 4.85 Å². The normalized spacial score (nSPS) is 11.2. The first-order valence-electron chi connectivity index (χ1n) is 8.33. The Balaban J connectivity index is 1.60. The highest BCUT2D eigenvalue weighted by Gasteiger charge is 2.30. The fourth-order valence-corrected chi connectivity index (χ4v) is 2.57. The number of aromatic nitrogens is 2. The number of carbonyl (C=O) groups excluding carboxylic acids is 1. The lowest BCUT2D eigenvalue weighted by molar-refractivity contribution is -0.137. The van der Waals surface area contributed by atoms with Crippen molar-refractivity contribution in [3.05, 3.63) is 88.4 Å². The van der Waals surface area contributed by atoms with Crippen molar-refractivity contribution in [2.24, 2.45) is 0 Å². The maximum atomic E-state index is 12.6. The van der Waals surface area contributed by atoms with Gasteiger partial charge in [-0.15, -0.1) is 10.2 Å². The van der Waals surface area contributed by atoms with Crippen LogP contribution in [0.2, 0.25) is 0 Å². The van der Waals surface area contributed by atoms with Crippen LogP contribution in [0.1, 0.15) is 39.7 Å². The molecule has 0 amide bonds. The van der Waals surface area contributed by atoms with Crippen LogP contribution in [0.25, 0.3) is 4.85 Å². The van der Waals surface area contributed by atoms with Crippen molar-refractivity contribution in [2.75, 3.05) is 0 Å². The van der Waals surface area contributed by atoms with Crippen molar-refractivity contribution in [1.29, 1.82) is 0 Å². The fourth-order valence-electron chi connectivity index (χ4n) is 2.57. The zero-order valence-electron chi connectivity index (χ0n) is 14.5. The quantitative estimate of drug-likeness (QED) is 0.440. The number of hydrogen-bond acceptors (Lipinski definition) is 4. The molecule has 0 radical (unpaired) electrons. The Morgan fingerprint density at radius 1 is 1.07 bits per heavy atom. The van der Waals surface area contributed by atoms with Gasteiger partial charge in [-0.3, -0.25) is 4.79 Å². The van der Waals surface area contributed by atoms with Crippen LogP contribution in [0.15, 0.2) is 52.9 Å². The molecule has 0 fully saturated rings. The highest BCUT2D eigenvalue weighted by Crippen LogP contribution is 2.29. The Morgan fingerprint density at radius 3 is 2.50 bits per heavy atom. The van der Waals surface area contributed by atoms with Crippen molar-refractivity contribution in [2.45, 2.75) is 25.4 Å². The summed E-state index contributed by atoms with van der Waals surface area (Å²) in [6, 6.07) is 11.6. The summed E-state index contributed by atoms with van der Waals surface area (Å²) in [5.41, 5.74) is 1.18. The molecule has 0 bridgehead atoms. The van der Waals surface area contributed by atoms with Crippen LogP contribution < -0.4 is 0 Å². The summed E-state index contributed by atoms with van der Waals surface area (Å²) >= 11 is 0. The van der Waals surface area contributed by atoms with Crippen LogP contribution >= 0.6 is 0 Å². The van der Waals surface area contributed by atoms with Gasteiger partial charge in [0.2, 0.25) is 11.7 Å². The van der Waals surface area contributed by atoms with Gasteiger partial charge in [-0.05, 0) is 24.1 Å². The van der Waals surface area contributed by atoms with E-state index in [0.717, 1.165) is 17.7 Å². The number of carbonyl (C=O) groups is 1. The van der Waals surface area contributed by atoms with E-state index < -0.39 is 11.7 Å². The van der Waals surface area contributed by atoms with Crippen LogP contribution in [0, 0.1) is 6.57 Å². The lowest BCUT2D eigenvalue weighted by Crippen LogP contribution is -2.04. The summed E-state index contributed by atoms with van der Waals surface area (Å²) < 4.78 is 43.1. The van der Waals surface area contributed by atoms with E-state index in [1.807, 2.05) is 6.07 Å². The van der Waals surface area contributed by atoms with Gasteiger partial charge in [-0.1, -0.05) is 42.0 Å². The average molecular weight is 385 g/mol. The molecule has 2 aromatic carbocycles. The Morgan fingerprint density at radius 2 is 1.82 bits per heavy atom. The van der Waals surface area contributed by atoms with Crippen LogP contribution in [0.5, 0.6) is 0 Å². The highest BCUT2D eigenvalue weighted by molar-refractivity contribution is 5.91.